The zero-order valence-corrected chi connectivity index (χ0v) is 12.8. The smallest absolute Gasteiger partial charge is 0.0863 e. The number of hydrogen-bond acceptors (Lipinski definition) is 3. The van der Waals surface area contributed by atoms with E-state index in [4.69, 9.17) is 11.6 Å². The lowest BCUT2D eigenvalue weighted by Crippen LogP contribution is -2.19. The first-order chi connectivity index (χ1) is 9.76. The molecule has 1 N–H and O–H groups in total. The van der Waals surface area contributed by atoms with Crippen LogP contribution in [0.5, 0.6) is 0 Å². The molecular formula is C15H21ClN4. The Kier molecular flexibility index (Phi) is 5.56. The first-order valence-corrected chi connectivity index (χ1v) is 7.48. The van der Waals surface area contributed by atoms with Crippen LogP contribution < -0.4 is 5.32 Å². The summed E-state index contributed by atoms with van der Waals surface area (Å²) in [6.45, 7) is 6.62. The molecule has 0 fully saturated rings. The topological polar surface area (TPSA) is 42.7 Å². The van der Waals surface area contributed by atoms with Crippen LogP contribution in [0.3, 0.4) is 0 Å². The number of halogens is 1. The molecule has 0 bridgehead atoms. The Balaban J connectivity index is 1.89. The fourth-order valence-corrected chi connectivity index (χ4v) is 2.49. The van der Waals surface area contributed by atoms with Crippen LogP contribution in [0.4, 0.5) is 0 Å². The van der Waals surface area contributed by atoms with E-state index in [0.717, 1.165) is 54.6 Å². The molecule has 0 spiro atoms. The van der Waals surface area contributed by atoms with E-state index in [1.807, 2.05) is 29.1 Å². The predicted octanol–water partition coefficient (Wildman–Crippen LogP) is 2.85. The van der Waals surface area contributed by atoms with Gasteiger partial charge in [-0.25, -0.2) is 0 Å². The predicted molar refractivity (Wildman–Crippen MR) is 81.9 cm³/mol. The maximum absolute atomic E-state index is 6.37. The lowest BCUT2D eigenvalue weighted by molar-refractivity contribution is 0.577. The molecule has 0 aliphatic heterocycles. The molecule has 20 heavy (non-hydrogen) atoms. The van der Waals surface area contributed by atoms with E-state index in [9.17, 15) is 0 Å². The number of aromatic nitrogens is 3. The van der Waals surface area contributed by atoms with Gasteiger partial charge in [-0.1, -0.05) is 24.6 Å². The Morgan fingerprint density at radius 2 is 2.15 bits per heavy atom. The second-order valence-corrected chi connectivity index (χ2v) is 5.00. The standard InChI is InChI=1S/C15H21ClN4/c1-3-13-15(16)14(20(4-2)19-13)11-17-10-8-12-7-5-6-9-18-12/h5-7,9,17H,3-4,8,10-11H2,1-2H3. The Morgan fingerprint density at radius 1 is 1.30 bits per heavy atom. The third-order valence-electron chi connectivity index (χ3n) is 3.27. The number of hydrogen-bond donors (Lipinski definition) is 1. The maximum Gasteiger partial charge on any atom is 0.0863 e. The van der Waals surface area contributed by atoms with Gasteiger partial charge in [0.15, 0.2) is 0 Å². The Bertz CT molecular complexity index is 536. The van der Waals surface area contributed by atoms with Gasteiger partial charge < -0.3 is 5.32 Å². The summed E-state index contributed by atoms with van der Waals surface area (Å²) in [5.41, 5.74) is 3.16. The van der Waals surface area contributed by atoms with Crippen molar-refractivity contribution in [3.05, 3.63) is 46.5 Å². The zero-order valence-electron chi connectivity index (χ0n) is 12.1. The molecule has 0 unspecified atom stereocenters. The molecule has 4 nitrogen and oxygen atoms in total. The summed E-state index contributed by atoms with van der Waals surface area (Å²) in [6, 6.07) is 5.99. The van der Waals surface area contributed by atoms with Gasteiger partial charge in [-0.05, 0) is 25.5 Å². The summed E-state index contributed by atoms with van der Waals surface area (Å²) >= 11 is 6.37. The summed E-state index contributed by atoms with van der Waals surface area (Å²) < 4.78 is 1.98. The molecular weight excluding hydrogens is 272 g/mol. The fourth-order valence-electron chi connectivity index (χ4n) is 2.16. The van der Waals surface area contributed by atoms with Crippen LogP contribution in [-0.2, 0) is 25.9 Å². The van der Waals surface area contributed by atoms with Crippen LogP contribution in [0, 0.1) is 0 Å². The highest BCUT2D eigenvalue weighted by Gasteiger charge is 2.13. The van der Waals surface area contributed by atoms with Gasteiger partial charge >= 0.3 is 0 Å². The molecule has 0 saturated heterocycles. The molecule has 2 rings (SSSR count). The Morgan fingerprint density at radius 3 is 2.80 bits per heavy atom. The van der Waals surface area contributed by atoms with Crippen molar-refractivity contribution in [3.63, 3.8) is 0 Å². The summed E-state index contributed by atoms with van der Waals surface area (Å²) in [5.74, 6) is 0. The van der Waals surface area contributed by atoms with Crippen LogP contribution in [0.25, 0.3) is 0 Å². The zero-order chi connectivity index (χ0) is 14.4. The molecule has 0 aromatic carbocycles. The second kappa shape index (κ2) is 7.41. The SMILES string of the molecule is CCc1nn(CC)c(CNCCc2ccccn2)c1Cl. The third kappa shape index (κ3) is 3.58. The van der Waals surface area contributed by atoms with Gasteiger partial charge in [0.25, 0.3) is 0 Å². The lowest BCUT2D eigenvalue weighted by atomic mass is 10.2. The van der Waals surface area contributed by atoms with Gasteiger partial charge in [0.05, 0.1) is 16.4 Å². The van der Waals surface area contributed by atoms with Crippen molar-refractivity contribution in [2.75, 3.05) is 6.54 Å². The van der Waals surface area contributed by atoms with Crippen molar-refractivity contribution in [1.29, 1.82) is 0 Å². The van der Waals surface area contributed by atoms with Gasteiger partial charge in [0.2, 0.25) is 0 Å². The van der Waals surface area contributed by atoms with Crippen molar-refractivity contribution >= 4 is 11.6 Å². The largest absolute Gasteiger partial charge is 0.311 e. The molecule has 2 heterocycles. The van der Waals surface area contributed by atoms with E-state index in [1.54, 1.807) is 0 Å². The lowest BCUT2D eigenvalue weighted by Gasteiger charge is -2.07. The molecule has 2 aromatic rings. The highest BCUT2D eigenvalue weighted by molar-refractivity contribution is 6.31. The molecule has 0 aliphatic carbocycles. The third-order valence-corrected chi connectivity index (χ3v) is 3.71. The summed E-state index contributed by atoms with van der Waals surface area (Å²) in [6.07, 6.45) is 3.61. The van der Waals surface area contributed by atoms with Crippen molar-refractivity contribution in [2.24, 2.45) is 0 Å². The average Bonchev–Trinajstić information content (AvgIpc) is 2.80. The minimum absolute atomic E-state index is 0.743. The first-order valence-electron chi connectivity index (χ1n) is 7.10. The van der Waals surface area contributed by atoms with E-state index in [0.29, 0.717) is 0 Å². The number of rotatable bonds is 7. The summed E-state index contributed by atoms with van der Waals surface area (Å²) in [4.78, 5) is 4.31. The normalized spacial score (nSPS) is 10.9. The minimum Gasteiger partial charge on any atom is -0.311 e. The van der Waals surface area contributed by atoms with Crippen LogP contribution in [0.15, 0.2) is 24.4 Å². The maximum atomic E-state index is 6.37. The van der Waals surface area contributed by atoms with Crippen LogP contribution in [-0.4, -0.2) is 21.3 Å². The molecule has 5 heteroatoms. The van der Waals surface area contributed by atoms with Crippen LogP contribution in [0.2, 0.25) is 5.02 Å². The van der Waals surface area contributed by atoms with Crippen LogP contribution in [0.1, 0.15) is 30.9 Å². The number of aryl methyl sites for hydroxylation is 2. The van der Waals surface area contributed by atoms with Gasteiger partial charge in [0.1, 0.15) is 0 Å². The van der Waals surface area contributed by atoms with Crippen molar-refractivity contribution in [3.8, 4) is 0 Å². The van der Waals surface area contributed by atoms with Crippen molar-refractivity contribution in [2.45, 2.75) is 39.8 Å². The summed E-state index contributed by atoms with van der Waals surface area (Å²) in [7, 11) is 0. The van der Waals surface area contributed by atoms with Gasteiger partial charge in [-0.2, -0.15) is 5.10 Å². The molecule has 0 radical (unpaired) electrons. The molecule has 0 atom stereocenters. The molecule has 0 aliphatic rings. The quantitative estimate of drug-likeness (QED) is 0.798. The highest BCUT2D eigenvalue weighted by atomic mass is 35.5. The van der Waals surface area contributed by atoms with Crippen molar-refractivity contribution < 1.29 is 0 Å². The molecule has 108 valence electrons. The number of nitrogens with one attached hydrogen (secondary N) is 1. The second-order valence-electron chi connectivity index (χ2n) is 4.62. The molecule has 0 saturated carbocycles. The van der Waals surface area contributed by atoms with E-state index in [2.05, 4.69) is 29.2 Å². The number of pyridine rings is 1. The Labute approximate surface area is 125 Å². The van der Waals surface area contributed by atoms with E-state index in [-0.39, 0.29) is 0 Å². The van der Waals surface area contributed by atoms with Gasteiger partial charge in [-0.15, -0.1) is 0 Å². The number of nitrogens with zero attached hydrogens (tertiary/aromatic N) is 3. The monoisotopic (exact) mass is 292 g/mol. The van der Waals surface area contributed by atoms with Gasteiger partial charge in [0, 0.05) is 37.9 Å². The van der Waals surface area contributed by atoms with Crippen LogP contribution >= 0.6 is 11.6 Å². The molecule has 2 aromatic heterocycles. The Hall–Kier alpha value is -1.39. The minimum atomic E-state index is 0.743. The molecule has 0 amide bonds. The van der Waals surface area contributed by atoms with E-state index in [1.165, 1.54) is 0 Å². The summed E-state index contributed by atoms with van der Waals surface area (Å²) in [5, 5.41) is 8.74. The average molecular weight is 293 g/mol. The fraction of sp³-hybridized carbons (Fsp3) is 0.467. The first kappa shape index (κ1) is 15.0. The highest BCUT2D eigenvalue weighted by Crippen LogP contribution is 2.21. The van der Waals surface area contributed by atoms with Gasteiger partial charge in [-0.3, -0.25) is 9.67 Å². The van der Waals surface area contributed by atoms with E-state index < -0.39 is 0 Å². The van der Waals surface area contributed by atoms with Crippen molar-refractivity contribution in [1.82, 2.24) is 20.1 Å². The van der Waals surface area contributed by atoms with E-state index >= 15 is 0 Å².